The maximum Gasteiger partial charge on any atom is 0.125 e. The van der Waals surface area contributed by atoms with Gasteiger partial charge in [-0.25, -0.2) is 4.98 Å². The summed E-state index contributed by atoms with van der Waals surface area (Å²) in [6.07, 6.45) is 0. The van der Waals surface area contributed by atoms with Crippen molar-refractivity contribution in [1.29, 1.82) is 0 Å². The summed E-state index contributed by atoms with van der Waals surface area (Å²) in [5.41, 5.74) is 2.07. The minimum atomic E-state index is -0.0452. The molecule has 21 heavy (non-hydrogen) atoms. The fourth-order valence-electron chi connectivity index (χ4n) is 2.19. The lowest BCUT2D eigenvalue weighted by Crippen LogP contribution is -2.23. The van der Waals surface area contributed by atoms with Crippen molar-refractivity contribution in [3.05, 3.63) is 44.9 Å². The summed E-state index contributed by atoms with van der Waals surface area (Å²) in [7, 11) is 1.67. The van der Waals surface area contributed by atoms with E-state index in [4.69, 9.17) is 21.3 Å². The summed E-state index contributed by atoms with van der Waals surface area (Å²) >= 11 is 8.08. The van der Waals surface area contributed by atoms with Gasteiger partial charge in [-0.2, -0.15) is 0 Å². The number of benzene rings is 1. The van der Waals surface area contributed by atoms with Gasteiger partial charge in [0.1, 0.15) is 10.8 Å². The number of aromatic nitrogens is 1. The maximum atomic E-state index is 6.41. The Hall–Kier alpha value is -1.10. The first-order valence-corrected chi connectivity index (χ1v) is 8.35. The lowest BCUT2D eigenvalue weighted by molar-refractivity contribution is 0.404. The lowest BCUT2D eigenvalue weighted by atomic mass is 10.1. The van der Waals surface area contributed by atoms with Crippen LogP contribution in [0.3, 0.4) is 0 Å². The van der Waals surface area contributed by atoms with Crippen LogP contribution in [0.4, 0.5) is 0 Å². The fourth-order valence-corrected chi connectivity index (χ4v) is 3.53. The molecule has 5 heteroatoms. The van der Waals surface area contributed by atoms with Gasteiger partial charge in [0.2, 0.25) is 0 Å². The molecule has 0 bridgehead atoms. The number of nitrogens with zero attached hydrogens (tertiary/aromatic N) is 1. The molecule has 0 amide bonds. The average molecular weight is 325 g/mol. The molecule has 1 heterocycles. The molecule has 0 saturated carbocycles. The van der Waals surface area contributed by atoms with Crippen molar-refractivity contribution in [2.75, 3.05) is 13.7 Å². The predicted molar refractivity (Wildman–Crippen MR) is 89.7 cm³/mol. The Morgan fingerprint density at radius 2 is 2.14 bits per heavy atom. The van der Waals surface area contributed by atoms with E-state index in [1.807, 2.05) is 18.2 Å². The standard InChI is InChI=1S/C16H21ClN2OS/c1-5-18-15(16-19-12(9-21-16)10(2)3)14-11(17)7-6-8-13(14)20-4/h6-10,15,18H,5H2,1-4H3. The van der Waals surface area contributed by atoms with E-state index >= 15 is 0 Å². The van der Waals surface area contributed by atoms with E-state index in [9.17, 15) is 0 Å². The normalized spacial score (nSPS) is 12.7. The molecule has 0 spiro atoms. The van der Waals surface area contributed by atoms with Crippen LogP contribution < -0.4 is 10.1 Å². The zero-order chi connectivity index (χ0) is 15.4. The Morgan fingerprint density at radius 3 is 2.71 bits per heavy atom. The second kappa shape index (κ2) is 7.25. The van der Waals surface area contributed by atoms with Crippen LogP contribution in [0.25, 0.3) is 0 Å². The van der Waals surface area contributed by atoms with Gasteiger partial charge >= 0.3 is 0 Å². The molecular formula is C16H21ClN2OS. The van der Waals surface area contributed by atoms with E-state index in [0.717, 1.165) is 28.6 Å². The first kappa shape index (κ1) is 16.3. The van der Waals surface area contributed by atoms with Crippen LogP contribution in [0, 0.1) is 0 Å². The molecule has 1 aromatic carbocycles. The van der Waals surface area contributed by atoms with Gasteiger partial charge in [-0.15, -0.1) is 11.3 Å². The highest BCUT2D eigenvalue weighted by atomic mass is 35.5. The van der Waals surface area contributed by atoms with Gasteiger partial charge in [0.25, 0.3) is 0 Å². The molecule has 1 unspecified atom stereocenters. The van der Waals surface area contributed by atoms with Crippen LogP contribution in [0.15, 0.2) is 23.6 Å². The molecule has 2 rings (SSSR count). The molecule has 0 aliphatic carbocycles. The number of methoxy groups -OCH3 is 1. The quantitative estimate of drug-likeness (QED) is 0.841. The SMILES string of the molecule is CCNC(c1nc(C(C)C)cs1)c1c(Cl)cccc1OC. The number of halogens is 1. The minimum Gasteiger partial charge on any atom is -0.496 e. The second-order valence-electron chi connectivity index (χ2n) is 5.11. The molecular weight excluding hydrogens is 304 g/mol. The van der Waals surface area contributed by atoms with E-state index in [1.54, 1.807) is 18.4 Å². The van der Waals surface area contributed by atoms with Crippen molar-refractivity contribution < 1.29 is 4.74 Å². The third kappa shape index (κ3) is 3.57. The van der Waals surface area contributed by atoms with Gasteiger partial charge in [0.05, 0.1) is 18.8 Å². The van der Waals surface area contributed by atoms with Crippen LogP contribution in [-0.4, -0.2) is 18.6 Å². The maximum absolute atomic E-state index is 6.41. The second-order valence-corrected chi connectivity index (χ2v) is 6.41. The van der Waals surface area contributed by atoms with Crippen molar-refractivity contribution >= 4 is 22.9 Å². The van der Waals surface area contributed by atoms with E-state index in [0.29, 0.717) is 10.9 Å². The molecule has 0 aliphatic heterocycles. The van der Waals surface area contributed by atoms with E-state index in [1.165, 1.54) is 0 Å². The minimum absolute atomic E-state index is 0.0452. The zero-order valence-corrected chi connectivity index (χ0v) is 14.4. The lowest BCUT2D eigenvalue weighted by Gasteiger charge is -2.20. The molecule has 2 aromatic rings. The third-order valence-corrected chi connectivity index (χ3v) is 4.57. The average Bonchev–Trinajstić information content (AvgIpc) is 2.95. The molecule has 0 radical (unpaired) electrons. The van der Waals surface area contributed by atoms with Gasteiger partial charge in [-0.1, -0.05) is 38.4 Å². The molecule has 0 aliphatic rings. The Labute approximate surface area is 135 Å². The van der Waals surface area contributed by atoms with Crippen LogP contribution in [-0.2, 0) is 0 Å². The first-order chi connectivity index (χ1) is 10.1. The monoisotopic (exact) mass is 324 g/mol. The van der Waals surface area contributed by atoms with E-state index in [2.05, 4.69) is 31.5 Å². The van der Waals surface area contributed by atoms with Crippen LogP contribution in [0.2, 0.25) is 5.02 Å². The van der Waals surface area contributed by atoms with Crippen molar-refractivity contribution in [3.8, 4) is 5.75 Å². The summed E-state index contributed by atoms with van der Waals surface area (Å²) in [4.78, 5) is 4.76. The summed E-state index contributed by atoms with van der Waals surface area (Å²) in [6, 6.07) is 5.68. The van der Waals surface area contributed by atoms with Crippen molar-refractivity contribution in [2.45, 2.75) is 32.7 Å². The van der Waals surface area contributed by atoms with Crippen LogP contribution in [0.1, 0.15) is 49.0 Å². The van der Waals surface area contributed by atoms with Crippen LogP contribution in [0.5, 0.6) is 5.75 Å². The third-order valence-electron chi connectivity index (χ3n) is 3.31. The predicted octanol–water partition coefficient (Wildman–Crippen LogP) is 4.63. The zero-order valence-electron chi connectivity index (χ0n) is 12.8. The van der Waals surface area contributed by atoms with E-state index in [-0.39, 0.29) is 6.04 Å². The number of rotatable bonds is 6. The topological polar surface area (TPSA) is 34.2 Å². The van der Waals surface area contributed by atoms with Gasteiger partial charge in [0, 0.05) is 16.0 Å². The van der Waals surface area contributed by atoms with Crippen molar-refractivity contribution in [1.82, 2.24) is 10.3 Å². The number of ether oxygens (including phenoxy) is 1. The van der Waals surface area contributed by atoms with Crippen LogP contribution >= 0.6 is 22.9 Å². The van der Waals surface area contributed by atoms with Crippen molar-refractivity contribution in [2.24, 2.45) is 0 Å². The highest BCUT2D eigenvalue weighted by Gasteiger charge is 2.23. The fraction of sp³-hybridized carbons (Fsp3) is 0.438. The van der Waals surface area contributed by atoms with Gasteiger partial charge in [-0.3, -0.25) is 0 Å². The Balaban J connectivity index is 2.48. The van der Waals surface area contributed by atoms with E-state index < -0.39 is 0 Å². The number of thiazole rings is 1. The molecule has 1 aromatic heterocycles. The number of nitrogens with one attached hydrogen (secondary N) is 1. The molecule has 114 valence electrons. The molecule has 1 atom stereocenters. The Morgan fingerprint density at radius 1 is 1.38 bits per heavy atom. The van der Waals surface area contributed by atoms with Gasteiger partial charge in [0.15, 0.2) is 0 Å². The van der Waals surface area contributed by atoms with Gasteiger partial charge in [-0.05, 0) is 24.6 Å². The molecule has 0 saturated heterocycles. The molecule has 0 fully saturated rings. The number of hydrogen-bond acceptors (Lipinski definition) is 4. The van der Waals surface area contributed by atoms with Gasteiger partial charge < -0.3 is 10.1 Å². The summed E-state index contributed by atoms with van der Waals surface area (Å²) in [5, 5.41) is 7.30. The van der Waals surface area contributed by atoms with Crippen molar-refractivity contribution in [3.63, 3.8) is 0 Å². The Kier molecular flexibility index (Phi) is 5.62. The highest BCUT2D eigenvalue weighted by molar-refractivity contribution is 7.09. The molecule has 3 nitrogen and oxygen atoms in total. The molecule has 1 N–H and O–H groups in total. The summed E-state index contributed by atoms with van der Waals surface area (Å²) in [5.74, 6) is 1.21. The smallest absolute Gasteiger partial charge is 0.125 e. The summed E-state index contributed by atoms with van der Waals surface area (Å²) in [6.45, 7) is 7.21. The highest BCUT2D eigenvalue weighted by Crippen LogP contribution is 2.37. The first-order valence-electron chi connectivity index (χ1n) is 7.09. The number of hydrogen-bond donors (Lipinski definition) is 1. The largest absolute Gasteiger partial charge is 0.496 e. The summed E-state index contributed by atoms with van der Waals surface area (Å²) < 4.78 is 5.48. The Bertz CT molecular complexity index is 598.